The van der Waals surface area contributed by atoms with Crippen LogP contribution in [0.15, 0.2) is 78.0 Å². The van der Waals surface area contributed by atoms with Gasteiger partial charge >= 0.3 is 6.18 Å². The first-order chi connectivity index (χ1) is 29.9. The number of amides is 5. The largest absolute Gasteiger partial charge is 0.490 e. The van der Waals surface area contributed by atoms with Gasteiger partial charge in [-0.2, -0.15) is 18.4 Å². The van der Waals surface area contributed by atoms with Crippen LogP contribution in [0.1, 0.15) is 88.8 Å². The van der Waals surface area contributed by atoms with E-state index in [0.29, 0.717) is 24.7 Å². The van der Waals surface area contributed by atoms with Crippen LogP contribution in [0.3, 0.4) is 0 Å². The van der Waals surface area contributed by atoms with Crippen LogP contribution in [0.2, 0.25) is 0 Å². The number of halogens is 3. The van der Waals surface area contributed by atoms with Crippen molar-refractivity contribution in [3.8, 4) is 11.8 Å². The molecule has 0 bridgehead atoms. The number of carbonyl (C=O) groups excluding carboxylic acids is 5. The molecule has 2 aromatic carbocycles. The molecule has 2 aliphatic heterocycles. The molecular weight excluding hydrogens is 820 g/mol. The van der Waals surface area contributed by atoms with E-state index in [1.165, 1.54) is 11.0 Å². The first kappa shape index (κ1) is 49.7. The molecule has 0 aliphatic carbocycles. The van der Waals surface area contributed by atoms with Crippen LogP contribution in [0.5, 0.6) is 5.75 Å². The molecule has 17 heteroatoms. The summed E-state index contributed by atoms with van der Waals surface area (Å²) in [6.07, 6.45) is 7.72. The second-order valence-electron chi connectivity index (χ2n) is 15.9. The molecule has 4 rings (SSSR count). The maximum atomic E-state index is 13.3. The zero-order valence-corrected chi connectivity index (χ0v) is 36.4. The van der Waals surface area contributed by atoms with Crippen LogP contribution >= 0.6 is 0 Å². The van der Waals surface area contributed by atoms with E-state index in [0.717, 1.165) is 94.3 Å². The van der Waals surface area contributed by atoms with E-state index in [1.807, 2.05) is 19.1 Å². The molecule has 2 unspecified atom stereocenters. The molecule has 2 atom stereocenters. The first-order valence-corrected chi connectivity index (χ1v) is 21.2. The number of nitrogens with one attached hydrogen (secondary N) is 3. The molecule has 2 saturated heterocycles. The Morgan fingerprint density at radius 2 is 1.79 bits per heavy atom. The fourth-order valence-corrected chi connectivity index (χ4v) is 7.01. The molecule has 0 spiro atoms. The minimum Gasteiger partial charge on any atom is -0.490 e. The molecule has 340 valence electrons. The third-order valence-corrected chi connectivity index (χ3v) is 10.8. The maximum absolute atomic E-state index is 13.3. The summed E-state index contributed by atoms with van der Waals surface area (Å²) < 4.78 is 45.5. The number of likely N-dealkylation sites (N-methyl/N-ethyl adjacent to an activating group) is 1. The Balaban J connectivity index is 1.16. The third kappa shape index (κ3) is 15.4. The van der Waals surface area contributed by atoms with Crippen molar-refractivity contribution in [3.63, 3.8) is 0 Å². The van der Waals surface area contributed by atoms with Crippen molar-refractivity contribution in [1.29, 1.82) is 5.26 Å². The lowest BCUT2D eigenvalue weighted by Gasteiger charge is -2.37. The highest BCUT2D eigenvalue weighted by molar-refractivity contribution is 6.01. The summed E-state index contributed by atoms with van der Waals surface area (Å²) >= 11 is 0. The standard InChI is InChI=1S/C46H58F3N7O7/c1-5-7-11-36(26-33(10-6-2)27-42(59)54(4)39-19-20-41(58)53-43(39)60)56-24-22-55(23-25-56)21-9-8-12-40(57)51-30-32-13-17-37(18-14-32)63-31-45(3,62)44(61)52-35-16-15-34(29-50)38(28-35)46(47,48)49/h6,10-11,13-18,26,28,39,62H,5,7-9,12,19-25,27,30-31H2,1-4H3,(H,51,57)(H,52,61)(H,53,58,60)/b10-6-,33-26+,36-11-. The number of rotatable bonds is 20. The van der Waals surface area contributed by atoms with E-state index < -0.39 is 47.4 Å². The number of anilines is 1. The van der Waals surface area contributed by atoms with E-state index >= 15 is 0 Å². The number of nitrogens with zero attached hydrogens (tertiary/aromatic N) is 4. The number of imide groups is 1. The Morgan fingerprint density at radius 3 is 2.43 bits per heavy atom. The average Bonchev–Trinajstić information content (AvgIpc) is 3.25. The van der Waals surface area contributed by atoms with Crippen molar-refractivity contribution in [2.45, 2.75) is 96.5 Å². The van der Waals surface area contributed by atoms with Crippen LogP contribution in [0, 0.1) is 11.3 Å². The van der Waals surface area contributed by atoms with Gasteiger partial charge in [-0.1, -0.05) is 43.7 Å². The fourth-order valence-electron chi connectivity index (χ4n) is 7.01. The molecule has 0 aromatic heterocycles. The van der Waals surface area contributed by atoms with Gasteiger partial charge in [-0.15, -0.1) is 0 Å². The first-order valence-electron chi connectivity index (χ1n) is 21.2. The van der Waals surface area contributed by atoms with Crippen molar-refractivity contribution in [2.75, 3.05) is 51.7 Å². The summed E-state index contributed by atoms with van der Waals surface area (Å²) in [4.78, 5) is 68.7. The van der Waals surface area contributed by atoms with Crippen molar-refractivity contribution in [2.24, 2.45) is 0 Å². The highest BCUT2D eigenvalue weighted by atomic mass is 19.4. The van der Waals surface area contributed by atoms with Crippen molar-refractivity contribution in [1.82, 2.24) is 25.3 Å². The van der Waals surface area contributed by atoms with E-state index in [1.54, 1.807) is 31.3 Å². The van der Waals surface area contributed by atoms with Crippen molar-refractivity contribution in [3.05, 3.63) is 94.7 Å². The van der Waals surface area contributed by atoms with Gasteiger partial charge in [-0.25, -0.2) is 0 Å². The predicted octanol–water partition coefficient (Wildman–Crippen LogP) is 5.59. The zero-order valence-electron chi connectivity index (χ0n) is 36.4. The minimum atomic E-state index is -4.81. The molecule has 2 aliphatic rings. The van der Waals surface area contributed by atoms with E-state index in [-0.39, 0.29) is 42.8 Å². The summed E-state index contributed by atoms with van der Waals surface area (Å²) in [6, 6.07) is 10.2. The van der Waals surface area contributed by atoms with Gasteiger partial charge in [0.05, 0.1) is 23.6 Å². The number of hydrogen-bond donors (Lipinski definition) is 4. The fraction of sp³-hybridized carbons (Fsp3) is 0.478. The van der Waals surface area contributed by atoms with Crippen LogP contribution in [-0.4, -0.2) is 107 Å². The van der Waals surface area contributed by atoms with E-state index in [2.05, 4.69) is 44.8 Å². The highest BCUT2D eigenvalue weighted by Crippen LogP contribution is 2.34. The molecule has 63 heavy (non-hydrogen) atoms. The number of allylic oxidation sites excluding steroid dienone is 4. The number of ether oxygens (including phenoxy) is 1. The number of piperazine rings is 1. The summed E-state index contributed by atoms with van der Waals surface area (Å²) in [6.45, 7) is 9.16. The Bertz CT molecular complexity index is 2070. The highest BCUT2D eigenvalue weighted by Gasteiger charge is 2.36. The number of hydrogen-bond acceptors (Lipinski definition) is 10. The molecule has 2 aromatic rings. The topological polar surface area (TPSA) is 184 Å². The van der Waals surface area contributed by atoms with Crippen LogP contribution in [0.25, 0.3) is 0 Å². The quantitative estimate of drug-likeness (QED) is 0.0743. The number of aliphatic hydroxyl groups is 1. The summed E-state index contributed by atoms with van der Waals surface area (Å²) in [5, 5.41) is 27.1. The minimum absolute atomic E-state index is 0.0805. The predicted molar refractivity (Wildman–Crippen MR) is 231 cm³/mol. The number of unbranched alkanes of at least 4 members (excludes halogenated alkanes) is 2. The number of nitriles is 1. The molecule has 5 amide bonds. The SMILES string of the molecule is C\C=C/C(=C\C(=C\CCC)N1CCN(CCCCC(=O)NCc2ccc(OCC(C)(O)C(=O)Nc3ccc(C#N)c(C(F)(F)F)c3)cc2)CC1)CC(=O)N(C)C1CCC(=O)NC1=O. The number of alkyl halides is 3. The van der Waals surface area contributed by atoms with Gasteiger partial charge in [0, 0.05) is 64.0 Å². The van der Waals surface area contributed by atoms with Crippen LogP contribution in [-0.2, 0) is 36.7 Å². The lowest BCUT2D eigenvalue weighted by atomic mass is 10.0. The Kier molecular flexibility index (Phi) is 18.5. The average molecular weight is 878 g/mol. The van der Waals surface area contributed by atoms with Gasteiger partial charge in [-0.3, -0.25) is 34.2 Å². The zero-order chi connectivity index (χ0) is 46.2. The van der Waals surface area contributed by atoms with Crippen LogP contribution < -0.4 is 20.7 Å². The normalized spacial score (nSPS) is 17.4. The molecule has 2 fully saturated rings. The third-order valence-electron chi connectivity index (χ3n) is 10.8. The lowest BCUT2D eigenvalue weighted by molar-refractivity contribution is -0.144. The van der Waals surface area contributed by atoms with Crippen LogP contribution in [0.4, 0.5) is 18.9 Å². The van der Waals surface area contributed by atoms with Crippen molar-refractivity contribution < 1.29 is 47.0 Å². The van der Waals surface area contributed by atoms with Crippen molar-refractivity contribution >= 4 is 35.2 Å². The molecular formula is C46H58F3N7O7. The molecule has 14 nitrogen and oxygen atoms in total. The Labute approximate surface area is 366 Å². The maximum Gasteiger partial charge on any atom is 0.417 e. The van der Waals surface area contributed by atoms with Gasteiger partial charge in [0.25, 0.3) is 5.91 Å². The Hall–Kier alpha value is -5.99. The summed E-state index contributed by atoms with van der Waals surface area (Å²) in [5.41, 5.74) is -1.46. The monoisotopic (exact) mass is 877 g/mol. The smallest absolute Gasteiger partial charge is 0.417 e. The molecule has 4 N–H and O–H groups in total. The van der Waals surface area contributed by atoms with Gasteiger partial charge in [0.1, 0.15) is 18.4 Å². The summed E-state index contributed by atoms with van der Waals surface area (Å²) in [7, 11) is 1.61. The van der Waals surface area contributed by atoms with E-state index in [4.69, 9.17) is 10.00 Å². The van der Waals surface area contributed by atoms with Gasteiger partial charge < -0.3 is 30.3 Å². The molecule has 2 heterocycles. The van der Waals surface area contributed by atoms with E-state index in [9.17, 15) is 42.3 Å². The second kappa shape index (κ2) is 23.5. The molecule has 0 saturated carbocycles. The van der Waals surface area contributed by atoms with Gasteiger partial charge in [0.2, 0.25) is 23.6 Å². The Morgan fingerprint density at radius 1 is 1.08 bits per heavy atom. The number of piperidine rings is 1. The lowest BCUT2D eigenvalue weighted by Crippen LogP contribution is -2.52. The number of carbonyl (C=O) groups is 5. The molecule has 0 radical (unpaired) electrons. The van der Waals surface area contributed by atoms with Gasteiger partial charge in [-0.05, 0) is 93.6 Å². The van der Waals surface area contributed by atoms with Gasteiger partial charge in [0.15, 0.2) is 5.60 Å². The number of benzene rings is 2. The second-order valence-corrected chi connectivity index (χ2v) is 15.9. The summed E-state index contributed by atoms with van der Waals surface area (Å²) in [5.74, 6) is -1.72.